The summed E-state index contributed by atoms with van der Waals surface area (Å²) in [5, 5.41) is 0.677. The second kappa shape index (κ2) is 3.90. The second-order valence-corrected chi connectivity index (χ2v) is 4.18. The molecule has 1 amide bonds. The van der Waals surface area contributed by atoms with Crippen LogP contribution in [-0.4, -0.2) is 23.0 Å². The SMILES string of the molecule is C=C1SC(=Nc2ccccc2)N(C)C1=O. The van der Waals surface area contributed by atoms with Gasteiger partial charge in [-0.1, -0.05) is 24.8 Å². The highest BCUT2D eigenvalue weighted by molar-refractivity contribution is 8.18. The lowest BCUT2D eigenvalue weighted by atomic mass is 10.3. The van der Waals surface area contributed by atoms with E-state index in [1.165, 1.54) is 16.7 Å². The number of likely N-dealkylation sites (N-methyl/N-ethyl adjacent to an activating group) is 1. The van der Waals surface area contributed by atoms with Gasteiger partial charge in [-0.2, -0.15) is 0 Å². The maximum Gasteiger partial charge on any atom is 0.265 e. The van der Waals surface area contributed by atoms with Gasteiger partial charge in [-0.3, -0.25) is 9.69 Å². The lowest BCUT2D eigenvalue weighted by molar-refractivity contribution is -0.121. The Kier molecular flexibility index (Phi) is 2.60. The summed E-state index contributed by atoms with van der Waals surface area (Å²) < 4.78 is 0. The molecule has 0 saturated carbocycles. The normalized spacial score (nSPS) is 19.0. The molecule has 0 bridgehead atoms. The third-order valence-corrected chi connectivity index (χ3v) is 2.99. The topological polar surface area (TPSA) is 32.7 Å². The van der Waals surface area contributed by atoms with Crippen LogP contribution in [0.2, 0.25) is 0 Å². The van der Waals surface area contributed by atoms with Gasteiger partial charge in [0.25, 0.3) is 5.91 Å². The predicted molar refractivity (Wildman–Crippen MR) is 63.0 cm³/mol. The average molecular weight is 218 g/mol. The van der Waals surface area contributed by atoms with Crippen LogP contribution in [-0.2, 0) is 4.79 Å². The summed E-state index contributed by atoms with van der Waals surface area (Å²) in [6.45, 7) is 3.67. The van der Waals surface area contributed by atoms with Crippen LogP contribution in [0.4, 0.5) is 5.69 Å². The minimum atomic E-state index is -0.0744. The van der Waals surface area contributed by atoms with Crippen molar-refractivity contribution in [3.63, 3.8) is 0 Å². The van der Waals surface area contributed by atoms with Crippen molar-refractivity contribution < 1.29 is 4.79 Å². The van der Waals surface area contributed by atoms with Crippen molar-refractivity contribution in [2.75, 3.05) is 7.05 Å². The van der Waals surface area contributed by atoms with Gasteiger partial charge in [-0.05, 0) is 23.9 Å². The van der Waals surface area contributed by atoms with E-state index in [4.69, 9.17) is 0 Å². The highest BCUT2D eigenvalue weighted by Gasteiger charge is 2.28. The van der Waals surface area contributed by atoms with Gasteiger partial charge in [0, 0.05) is 7.05 Å². The quantitative estimate of drug-likeness (QED) is 0.678. The fourth-order valence-corrected chi connectivity index (χ4v) is 2.02. The maximum atomic E-state index is 11.4. The standard InChI is InChI=1S/C11H10N2OS/c1-8-10(14)13(2)11(15-8)12-9-6-4-3-5-7-9/h3-7H,1H2,2H3. The van der Waals surface area contributed by atoms with Crippen molar-refractivity contribution in [1.29, 1.82) is 0 Å². The number of benzene rings is 1. The zero-order valence-corrected chi connectivity index (χ0v) is 9.12. The lowest BCUT2D eigenvalue weighted by Gasteiger charge is -2.06. The summed E-state index contributed by atoms with van der Waals surface area (Å²) in [5.41, 5.74) is 0.842. The number of carbonyl (C=O) groups is 1. The van der Waals surface area contributed by atoms with E-state index in [1.807, 2.05) is 30.3 Å². The number of para-hydroxylation sites is 1. The van der Waals surface area contributed by atoms with Crippen LogP contribution in [0.25, 0.3) is 0 Å². The Hall–Kier alpha value is -1.55. The third kappa shape index (κ3) is 1.94. The molecule has 3 nitrogen and oxygen atoms in total. The second-order valence-electron chi connectivity index (χ2n) is 3.12. The molecule has 0 atom stereocenters. The third-order valence-electron chi connectivity index (χ3n) is 2.03. The minimum absolute atomic E-state index is 0.0744. The molecule has 1 heterocycles. The van der Waals surface area contributed by atoms with Gasteiger partial charge < -0.3 is 0 Å². The Morgan fingerprint density at radius 3 is 2.53 bits per heavy atom. The molecule has 76 valence electrons. The van der Waals surface area contributed by atoms with Crippen molar-refractivity contribution in [2.24, 2.45) is 4.99 Å². The van der Waals surface area contributed by atoms with E-state index >= 15 is 0 Å². The van der Waals surface area contributed by atoms with Crippen LogP contribution < -0.4 is 0 Å². The Bertz CT molecular complexity index is 439. The van der Waals surface area contributed by atoms with Gasteiger partial charge in [0.2, 0.25) is 0 Å². The molecule has 1 fully saturated rings. The van der Waals surface area contributed by atoms with Crippen LogP contribution in [0.3, 0.4) is 0 Å². The molecule has 15 heavy (non-hydrogen) atoms. The number of rotatable bonds is 1. The van der Waals surface area contributed by atoms with Crippen LogP contribution in [0, 0.1) is 0 Å². The first-order valence-corrected chi connectivity index (χ1v) is 5.28. The molecule has 0 N–H and O–H groups in total. The fraction of sp³-hybridized carbons (Fsp3) is 0.0909. The number of aliphatic imine (C=N–C) groups is 1. The number of nitrogens with zero attached hydrogens (tertiary/aromatic N) is 2. The van der Waals surface area contributed by atoms with Crippen molar-refractivity contribution in [1.82, 2.24) is 4.90 Å². The van der Waals surface area contributed by atoms with Gasteiger partial charge >= 0.3 is 0 Å². The van der Waals surface area contributed by atoms with E-state index in [-0.39, 0.29) is 5.91 Å². The van der Waals surface area contributed by atoms with Gasteiger partial charge in [-0.25, -0.2) is 4.99 Å². The van der Waals surface area contributed by atoms with Crippen molar-refractivity contribution >= 4 is 28.5 Å². The zero-order chi connectivity index (χ0) is 10.8. The predicted octanol–water partition coefficient (Wildman–Crippen LogP) is 2.39. The molecule has 0 aromatic heterocycles. The summed E-state index contributed by atoms with van der Waals surface area (Å²) in [4.78, 5) is 17.8. The summed E-state index contributed by atoms with van der Waals surface area (Å²) in [6, 6.07) is 9.55. The van der Waals surface area contributed by atoms with Gasteiger partial charge in [0.15, 0.2) is 5.17 Å². The van der Waals surface area contributed by atoms with Crippen LogP contribution in [0.5, 0.6) is 0 Å². The Labute approximate surface area is 92.5 Å². The molecular formula is C11H10N2OS. The van der Waals surface area contributed by atoms with E-state index in [1.54, 1.807) is 7.05 Å². The molecular weight excluding hydrogens is 208 g/mol. The molecule has 0 radical (unpaired) electrons. The number of hydrogen-bond acceptors (Lipinski definition) is 3. The minimum Gasteiger partial charge on any atom is -0.290 e. The van der Waals surface area contributed by atoms with E-state index in [0.717, 1.165) is 5.69 Å². The molecule has 1 aromatic rings. The average Bonchev–Trinajstić information content (AvgIpc) is 2.48. The van der Waals surface area contributed by atoms with Crippen LogP contribution in [0.15, 0.2) is 46.8 Å². The molecule has 1 saturated heterocycles. The summed E-state index contributed by atoms with van der Waals surface area (Å²) in [5.74, 6) is -0.0744. The molecule has 1 aromatic carbocycles. The first-order chi connectivity index (χ1) is 7.18. The largest absolute Gasteiger partial charge is 0.290 e. The highest BCUT2D eigenvalue weighted by Crippen LogP contribution is 2.29. The molecule has 1 aliphatic heterocycles. The van der Waals surface area contributed by atoms with Gasteiger partial charge in [0.05, 0.1) is 10.6 Å². The van der Waals surface area contributed by atoms with E-state index in [2.05, 4.69) is 11.6 Å². The highest BCUT2D eigenvalue weighted by atomic mass is 32.2. The number of hydrogen-bond donors (Lipinski definition) is 0. The Balaban J connectivity index is 2.30. The molecule has 2 rings (SSSR count). The number of carbonyl (C=O) groups excluding carboxylic acids is 1. The van der Waals surface area contributed by atoms with Crippen molar-refractivity contribution in [3.05, 3.63) is 41.8 Å². The van der Waals surface area contributed by atoms with Gasteiger partial charge in [-0.15, -0.1) is 0 Å². The van der Waals surface area contributed by atoms with Crippen molar-refractivity contribution in [3.8, 4) is 0 Å². The maximum absolute atomic E-state index is 11.4. The van der Waals surface area contributed by atoms with Crippen LogP contribution >= 0.6 is 11.8 Å². The molecule has 0 unspecified atom stereocenters. The Morgan fingerprint density at radius 1 is 1.33 bits per heavy atom. The van der Waals surface area contributed by atoms with Crippen LogP contribution in [0.1, 0.15) is 0 Å². The van der Waals surface area contributed by atoms with Gasteiger partial charge in [0.1, 0.15) is 0 Å². The molecule has 1 aliphatic rings. The monoisotopic (exact) mass is 218 g/mol. The summed E-state index contributed by atoms with van der Waals surface area (Å²) in [6.07, 6.45) is 0. The lowest BCUT2D eigenvalue weighted by Crippen LogP contribution is -2.23. The van der Waals surface area contributed by atoms with E-state index < -0.39 is 0 Å². The molecule has 4 heteroatoms. The molecule has 0 spiro atoms. The van der Waals surface area contributed by atoms with Crippen molar-refractivity contribution in [2.45, 2.75) is 0 Å². The Morgan fingerprint density at radius 2 is 2.00 bits per heavy atom. The first kappa shape index (κ1) is 9.98. The summed E-state index contributed by atoms with van der Waals surface area (Å²) in [7, 11) is 1.70. The summed E-state index contributed by atoms with van der Waals surface area (Å²) >= 11 is 1.31. The number of amides is 1. The molecule has 0 aliphatic carbocycles. The van der Waals surface area contributed by atoms with E-state index in [0.29, 0.717) is 10.1 Å². The fourth-order valence-electron chi connectivity index (χ4n) is 1.21. The number of amidine groups is 1. The zero-order valence-electron chi connectivity index (χ0n) is 8.30. The smallest absolute Gasteiger partial charge is 0.265 e. The first-order valence-electron chi connectivity index (χ1n) is 4.47. The van der Waals surface area contributed by atoms with E-state index in [9.17, 15) is 4.79 Å². The number of thioether (sulfide) groups is 1.